The lowest BCUT2D eigenvalue weighted by molar-refractivity contribution is 0.406. The Morgan fingerprint density at radius 1 is 1.27 bits per heavy atom. The number of hydrogen-bond acceptors (Lipinski definition) is 3. The van der Waals surface area contributed by atoms with Crippen molar-refractivity contribution in [1.29, 1.82) is 0 Å². The SMILES string of the molecule is CN(C)Cc1cc2ccc(CN)cc2s1. The maximum Gasteiger partial charge on any atom is 0.0349 e. The molecule has 0 atom stereocenters. The fourth-order valence-electron chi connectivity index (χ4n) is 1.65. The van der Waals surface area contributed by atoms with Gasteiger partial charge >= 0.3 is 0 Å². The van der Waals surface area contributed by atoms with Crippen LogP contribution in [0.4, 0.5) is 0 Å². The molecule has 2 rings (SSSR count). The highest BCUT2D eigenvalue weighted by Crippen LogP contribution is 2.27. The fraction of sp³-hybridized carbons (Fsp3) is 0.333. The van der Waals surface area contributed by atoms with Gasteiger partial charge in [-0.2, -0.15) is 0 Å². The molecule has 0 radical (unpaired) electrons. The average molecular weight is 220 g/mol. The van der Waals surface area contributed by atoms with Crippen LogP contribution >= 0.6 is 11.3 Å². The van der Waals surface area contributed by atoms with Gasteiger partial charge < -0.3 is 10.6 Å². The zero-order valence-electron chi connectivity index (χ0n) is 9.16. The van der Waals surface area contributed by atoms with Crippen molar-refractivity contribution in [2.75, 3.05) is 14.1 Å². The Balaban J connectivity index is 2.37. The summed E-state index contributed by atoms with van der Waals surface area (Å²) in [5.41, 5.74) is 6.83. The van der Waals surface area contributed by atoms with Crippen LogP contribution in [0.25, 0.3) is 10.1 Å². The highest BCUT2D eigenvalue weighted by atomic mass is 32.1. The number of thiophene rings is 1. The third-order valence-corrected chi connectivity index (χ3v) is 3.43. The molecule has 0 saturated heterocycles. The Labute approximate surface area is 94.3 Å². The van der Waals surface area contributed by atoms with Crippen LogP contribution in [0.15, 0.2) is 24.3 Å². The molecule has 15 heavy (non-hydrogen) atoms. The van der Waals surface area contributed by atoms with Crippen molar-refractivity contribution in [2.24, 2.45) is 5.73 Å². The number of rotatable bonds is 3. The molecule has 2 aromatic rings. The summed E-state index contributed by atoms with van der Waals surface area (Å²) >= 11 is 1.86. The predicted molar refractivity (Wildman–Crippen MR) is 67.1 cm³/mol. The zero-order valence-corrected chi connectivity index (χ0v) is 9.97. The van der Waals surface area contributed by atoms with Crippen molar-refractivity contribution in [3.8, 4) is 0 Å². The third-order valence-electron chi connectivity index (χ3n) is 2.34. The van der Waals surface area contributed by atoms with Crippen LogP contribution in [0.3, 0.4) is 0 Å². The van der Waals surface area contributed by atoms with Gasteiger partial charge in [-0.3, -0.25) is 0 Å². The van der Waals surface area contributed by atoms with Crippen molar-refractivity contribution in [1.82, 2.24) is 4.90 Å². The van der Waals surface area contributed by atoms with E-state index >= 15 is 0 Å². The molecule has 0 saturated carbocycles. The largest absolute Gasteiger partial charge is 0.326 e. The summed E-state index contributed by atoms with van der Waals surface area (Å²) in [4.78, 5) is 3.60. The Bertz CT molecular complexity index is 460. The predicted octanol–water partition coefficient (Wildman–Crippen LogP) is 2.42. The number of benzene rings is 1. The van der Waals surface area contributed by atoms with Gasteiger partial charge in [-0.05, 0) is 37.2 Å². The van der Waals surface area contributed by atoms with Crippen LogP contribution in [0.2, 0.25) is 0 Å². The van der Waals surface area contributed by atoms with Gasteiger partial charge in [0, 0.05) is 22.7 Å². The Morgan fingerprint density at radius 2 is 2.07 bits per heavy atom. The van der Waals surface area contributed by atoms with Gasteiger partial charge in [-0.15, -0.1) is 11.3 Å². The van der Waals surface area contributed by atoms with Crippen molar-refractivity contribution < 1.29 is 0 Å². The Hall–Kier alpha value is -0.900. The zero-order chi connectivity index (χ0) is 10.8. The van der Waals surface area contributed by atoms with Crippen LogP contribution in [0.5, 0.6) is 0 Å². The highest BCUT2D eigenvalue weighted by Gasteiger charge is 2.03. The minimum atomic E-state index is 0.622. The van der Waals surface area contributed by atoms with E-state index in [2.05, 4.69) is 43.3 Å². The minimum absolute atomic E-state index is 0.622. The van der Waals surface area contributed by atoms with Gasteiger partial charge in [0.25, 0.3) is 0 Å². The van der Waals surface area contributed by atoms with Gasteiger partial charge in [-0.25, -0.2) is 0 Å². The summed E-state index contributed by atoms with van der Waals surface area (Å²) in [6.45, 7) is 1.63. The smallest absolute Gasteiger partial charge is 0.0349 e. The minimum Gasteiger partial charge on any atom is -0.326 e. The van der Waals surface area contributed by atoms with Gasteiger partial charge in [0.05, 0.1) is 0 Å². The molecule has 2 N–H and O–H groups in total. The topological polar surface area (TPSA) is 29.3 Å². The monoisotopic (exact) mass is 220 g/mol. The maximum atomic E-state index is 5.62. The molecule has 0 spiro atoms. The second-order valence-electron chi connectivity index (χ2n) is 4.03. The van der Waals surface area contributed by atoms with Crippen LogP contribution in [0, 0.1) is 0 Å². The quantitative estimate of drug-likeness (QED) is 0.860. The van der Waals surface area contributed by atoms with E-state index in [0.29, 0.717) is 6.54 Å². The normalized spacial score (nSPS) is 11.5. The van der Waals surface area contributed by atoms with E-state index in [1.165, 1.54) is 20.5 Å². The lowest BCUT2D eigenvalue weighted by Gasteiger charge is -2.05. The second kappa shape index (κ2) is 4.31. The van der Waals surface area contributed by atoms with E-state index in [4.69, 9.17) is 5.73 Å². The number of nitrogens with two attached hydrogens (primary N) is 1. The van der Waals surface area contributed by atoms with Crippen LogP contribution < -0.4 is 5.73 Å². The fourth-order valence-corrected chi connectivity index (χ4v) is 2.89. The van der Waals surface area contributed by atoms with E-state index in [9.17, 15) is 0 Å². The van der Waals surface area contributed by atoms with E-state index in [0.717, 1.165) is 6.54 Å². The average Bonchev–Trinajstić information content (AvgIpc) is 2.57. The summed E-state index contributed by atoms with van der Waals surface area (Å²) in [5.74, 6) is 0. The first-order valence-electron chi connectivity index (χ1n) is 5.05. The molecule has 0 bridgehead atoms. The molecule has 0 aliphatic heterocycles. The number of nitrogens with zero attached hydrogens (tertiary/aromatic N) is 1. The molecule has 0 aliphatic rings. The molecule has 2 nitrogen and oxygen atoms in total. The standard InChI is InChI=1S/C12H16N2S/c1-14(2)8-11-6-10-4-3-9(7-13)5-12(10)15-11/h3-6H,7-8,13H2,1-2H3. The van der Waals surface area contributed by atoms with Gasteiger partial charge in [0.15, 0.2) is 0 Å². The molecular formula is C12H16N2S. The second-order valence-corrected chi connectivity index (χ2v) is 5.20. The van der Waals surface area contributed by atoms with Gasteiger partial charge in [0.2, 0.25) is 0 Å². The van der Waals surface area contributed by atoms with E-state index in [-0.39, 0.29) is 0 Å². The summed E-state index contributed by atoms with van der Waals surface area (Å²) in [6.07, 6.45) is 0. The molecule has 1 aromatic heterocycles. The van der Waals surface area contributed by atoms with Crippen LogP contribution in [0.1, 0.15) is 10.4 Å². The molecule has 1 heterocycles. The molecule has 0 unspecified atom stereocenters. The van der Waals surface area contributed by atoms with Gasteiger partial charge in [-0.1, -0.05) is 12.1 Å². The van der Waals surface area contributed by atoms with E-state index < -0.39 is 0 Å². The molecule has 80 valence electrons. The summed E-state index contributed by atoms with van der Waals surface area (Å²) in [5, 5.41) is 1.33. The maximum absolute atomic E-state index is 5.62. The molecule has 3 heteroatoms. The Kier molecular flexibility index (Phi) is 3.05. The summed E-state index contributed by atoms with van der Waals surface area (Å²) < 4.78 is 1.34. The molecular weight excluding hydrogens is 204 g/mol. The summed E-state index contributed by atoms with van der Waals surface area (Å²) in [6, 6.07) is 8.72. The Morgan fingerprint density at radius 3 is 2.73 bits per heavy atom. The molecule has 0 aliphatic carbocycles. The lowest BCUT2D eigenvalue weighted by atomic mass is 10.2. The van der Waals surface area contributed by atoms with E-state index in [1.807, 2.05) is 11.3 Å². The van der Waals surface area contributed by atoms with E-state index in [1.54, 1.807) is 0 Å². The first-order chi connectivity index (χ1) is 7.19. The van der Waals surface area contributed by atoms with Gasteiger partial charge in [0.1, 0.15) is 0 Å². The van der Waals surface area contributed by atoms with Crippen molar-refractivity contribution >= 4 is 21.4 Å². The first-order valence-corrected chi connectivity index (χ1v) is 5.87. The molecule has 1 aromatic carbocycles. The molecule has 0 fully saturated rings. The number of fused-ring (bicyclic) bond motifs is 1. The van der Waals surface area contributed by atoms with Crippen molar-refractivity contribution in [3.05, 3.63) is 34.7 Å². The highest BCUT2D eigenvalue weighted by molar-refractivity contribution is 7.19. The first kappa shape index (κ1) is 10.6. The van der Waals surface area contributed by atoms with Crippen LogP contribution in [-0.2, 0) is 13.1 Å². The third kappa shape index (κ3) is 2.37. The van der Waals surface area contributed by atoms with Crippen molar-refractivity contribution in [3.63, 3.8) is 0 Å². The number of hydrogen-bond donors (Lipinski definition) is 1. The van der Waals surface area contributed by atoms with Crippen LogP contribution in [-0.4, -0.2) is 19.0 Å². The van der Waals surface area contributed by atoms with Crippen molar-refractivity contribution in [2.45, 2.75) is 13.1 Å². The summed E-state index contributed by atoms with van der Waals surface area (Å²) in [7, 11) is 4.19. The molecule has 0 amide bonds. The lowest BCUT2D eigenvalue weighted by Crippen LogP contribution is -2.09.